The van der Waals surface area contributed by atoms with Crippen molar-refractivity contribution in [3.63, 3.8) is 0 Å². The molecule has 0 atom stereocenters. The first-order chi connectivity index (χ1) is 3.83. The molecule has 1 fully saturated rings. The van der Waals surface area contributed by atoms with Crippen molar-refractivity contribution in [1.29, 1.82) is 0 Å². The van der Waals surface area contributed by atoms with Gasteiger partial charge in [0.1, 0.15) is 0 Å². The van der Waals surface area contributed by atoms with E-state index in [1.165, 1.54) is 25.7 Å². The molecule has 0 nitrogen and oxygen atoms in total. The average Bonchev–Trinajstić information content (AvgIpc) is 1.67. The van der Waals surface area contributed by atoms with Crippen LogP contribution in [0.15, 0.2) is 12.7 Å². The molecule has 0 bridgehead atoms. The predicted molar refractivity (Wildman–Crippen MR) is 36.8 cm³/mol. The summed E-state index contributed by atoms with van der Waals surface area (Å²) in [5, 5.41) is 0. The molecule has 1 aliphatic rings. The van der Waals surface area contributed by atoms with Gasteiger partial charge in [-0.05, 0) is 24.7 Å². The quantitative estimate of drug-likeness (QED) is 0.479. The van der Waals surface area contributed by atoms with E-state index in [-0.39, 0.29) is 0 Å². The van der Waals surface area contributed by atoms with Crippen LogP contribution in [0.25, 0.3) is 0 Å². The number of allylic oxidation sites excluding steroid dienone is 1. The molecule has 0 N–H and O–H groups in total. The Balaban J connectivity index is 2.45. The van der Waals surface area contributed by atoms with E-state index in [9.17, 15) is 0 Å². The maximum absolute atomic E-state index is 3.83. The topological polar surface area (TPSA) is 0 Å². The van der Waals surface area contributed by atoms with Crippen LogP contribution in [0.4, 0.5) is 0 Å². The van der Waals surface area contributed by atoms with Crippen LogP contribution in [0.2, 0.25) is 0 Å². The molecule has 1 rings (SSSR count). The predicted octanol–water partition coefficient (Wildman–Crippen LogP) is 2.75. The first kappa shape index (κ1) is 5.87. The SMILES string of the molecule is C=CC1(CC)CCC1. The van der Waals surface area contributed by atoms with Crippen LogP contribution in [0.5, 0.6) is 0 Å². The monoisotopic (exact) mass is 110 g/mol. The van der Waals surface area contributed by atoms with Crippen molar-refractivity contribution in [2.45, 2.75) is 32.6 Å². The molecule has 0 heteroatoms. The minimum Gasteiger partial charge on any atom is -0.103 e. The zero-order valence-corrected chi connectivity index (χ0v) is 5.61. The van der Waals surface area contributed by atoms with Gasteiger partial charge in [-0.2, -0.15) is 0 Å². The fourth-order valence-corrected chi connectivity index (χ4v) is 1.33. The first-order valence-electron chi connectivity index (χ1n) is 3.46. The van der Waals surface area contributed by atoms with Crippen LogP contribution < -0.4 is 0 Å². The second-order valence-corrected chi connectivity index (χ2v) is 2.77. The van der Waals surface area contributed by atoms with E-state index in [0.29, 0.717) is 5.41 Å². The lowest BCUT2D eigenvalue weighted by atomic mass is 9.67. The molecular formula is C8H14. The summed E-state index contributed by atoms with van der Waals surface area (Å²) in [5.74, 6) is 0. The van der Waals surface area contributed by atoms with E-state index in [4.69, 9.17) is 0 Å². The summed E-state index contributed by atoms with van der Waals surface area (Å²) in [6.07, 6.45) is 7.60. The Hall–Kier alpha value is -0.260. The standard InChI is InChI=1S/C8H14/c1-3-8(4-2)6-5-7-8/h3H,1,4-7H2,2H3. The van der Waals surface area contributed by atoms with Crippen molar-refractivity contribution in [2.24, 2.45) is 5.41 Å². The number of rotatable bonds is 2. The fourth-order valence-electron chi connectivity index (χ4n) is 1.33. The second-order valence-electron chi connectivity index (χ2n) is 2.77. The van der Waals surface area contributed by atoms with Gasteiger partial charge in [-0.25, -0.2) is 0 Å². The van der Waals surface area contributed by atoms with Crippen molar-refractivity contribution in [2.75, 3.05) is 0 Å². The van der Waals surface area contributed by atoms with E-state index in [1.54, 1.807) is 0 Å². The Kier molecular flexibility index (Phi) is 1.41. The van der Waals surface area contributed by atoms with Gasteiger partial charge >= 0.3 is 0 Å². The molecule has 1 saturated carbocycles. The van der Waals surface area contributed by atoms with Gasteiger partial charge in [0.2, 0.25) is 0 Å². The van der Waals surface area contributed by atoms with Gasteiger partial charge in [0.05, 0.1) is 0 Å². The van der Waals surface area contributed by atoms with Crippen molar-refractivity contribution in [1.82, 2.24) is 0 Å². The van der Waals surface area contributed by atoms with E-state index in [2.05, 4.69) is 19.6 Å². The lowest BCUT2D eigenvalue weighted by Gasteiger charge is -2.38. The van der Waals surface area contributed by atoms with Gasteiger partial charge in [0, 0.05) is 0 Å². The van der Waals surface area contributed by atoms with Crippen LogP contribution >= 0.6 is 0 Å². The Morgan fingerprint density at radius 3 is 2.25 bits per heavy atom. The third-order valence-electron chi connectivity index (χ3n) is 2.49. The third kappa shape index (κ3) is 0.683. The normalized spacial score (nSPS) is 24.1. The lowest BCUT2D eigenvalue weighted by molar-refractivity contribution is 0.197. The maximum Gasteiger partial charge on any atom is -0.0123 e. The Morgan fingerprint density at radius 1 is 1.62 bits per heavy atom. The van der Waals surface area contributed by atoms with Crippen LogP contribution in [0, 0.1) is 5.41 Å². The van der Waals surface area contributed by atoms with Crippen LogP contribution in [-0.2, 0) is 0 Å². The van der Waals surface area contributed by atoms with Crippen molar-refractivity contribution >= 4 is 0 Å². The first-order valence-corrected chi connectivity index (χ1v) is 3.46. The summed E-state index contributed by atoms with van der Waals surface area (Å²) >= 11 is 0. The molecule has 0 spiro atoms. The van der Waals surface area contributed by atoms with Gasteiger partial charge in [0.15, 0.2) is 0 Å². The highest BCUT2D eigenvalue weighted by Crippen LogP contribution is 2.44. The highest BCUT2D eigenvalue weighted by atomic mass is 14.4. The summed E-state index contributed by atoms with van der Waals surface area (Å²) in [6, 6.07) is 0. The molecule has 0 heterocycles. The largest absolute Gasteiger partial charge is 0.103 e. The smallest absolute Gasteiger partial charge is 0.0123 e. The second kappa shape index (κ2) is 1.93. The molecule has 8 heavy (non-hydrogen) atoms. The summed E-state index contributed by atoms with van der Waals surface area (Å²) in [5.41, 5.74) is 0.569. The molecule has 0 aromatic heterocycles. The Bertz CT molecular complexity index is 82.7. The van der Waals surface area contributed by atoms with E-state index < -0.39 is 0 Å². The van der Waals surface area contributed by atoms with Crippen molar-refractivity contribution in [3.05, 3.63) is 12.7 Å². The summed E-state index contributed by atoms with van der Waals surface area (Å²) in [7, 11) is 0. The molecule has 0 aromatic carbocycles. The zero-order valence-electron chi connectivity index (χ0n) is 5.61. The summed E-state index contributed by atoms with van der Waals surface area (Å²) in [4.78, 5) is 0. The Morgan fingerprint density at radius 2 is 2.25 bits per heavy atom. The number of hydrogen-bond acceptors (Lipinski definition) is 0. The molecule has 0 unspecified atom stereocenters. The zero-order chi connectivity index (χ0) is 6.04. The van der Waals surface area contributed by atoms with Crippen LogP contribution in [0.1, 0.15) is 32.6 Å². The van der Waals surface area contributed by atoms with Gasteiger partial charge in [-0.3, -0.25) is 0 Å². The third-order valence-corrected chi connectivity index (χ3v) is 2.49. The fraction of sp³-hybridized carbons (Fsp3) is 0.750. The molecule has 0 amide bonds. The van der Waals surface area contributed by atoms with Gasteiger partial charge in [0.25, 0.3) is 0 Å². The van der Waals surface area contributed by atoms with Crippen molar-refractivity contribution < 1.29 is 0 Å². The van der Waals surface area contributed by atoms with E-state index in [0.717, 1.165) is 0 Å². The van der Waals surface area contributed by atoms with Crippen LogP contribution in [0.3, 0.4) is 0 Å². The highest BCUT2D eigenvalue weighted by molar-refractivity contribution is 4.99. The van der Waals surface area contributed by atoms with E-state index >= 15 is 0 Å². The molecule has 46 valence electrons. The molecular weight excluding hydrogens is 96.1 g/mol. The van der Waals surface area contributed by atoms with Crippen LogP contribution in [-0.4, -0.2) is 0 Å². The number of hydrogen-bond donors (Lipinski definition) is 0. The molecule has 0 radical (unpaired) electrons. The summed E-state index contributed by atoms with van der Waals surface area (Å²) in [6.45, 7) is 6.08. The lowest BCUT2D eigenvalue weighted by Crippen LogP contribution is -2.25. The van der Waals surface area contributed by atoms with Gasteiger partial charge < -0.3 is 0 Å². The van der Waals surface area contributed by atoms with E-state index in [1.807, 2.05) is 0 Å². The highest BCUT2D eigenvalue weighted by Gasteiger charge is 2.31. The minimum absolute atomic E-state index is 0.569. The Labute approximate surface area is 51.6 Å². The molecule has 1 aliphatic carbocycles. The average molecular weight is 110 g/mol. The molecule has 0 aromatic rings. The maximum atomic E-state index is 3.83. The van der Waals surface area contributed by atoms with Gasteiger partial charge in [-0.1, -0.05) is 19.4 Å². The van der Waals surface area contributed by atoms with Crippen molar-refractivity contribution in [3.8, 4) is 0 Å². The minimum atomic E-state index is 0.569. The molecule has 0 saturated heterocycles. The molecule has 0 aliphatic heterocycles. The summed E-state index contributed by atoms with van der Waals surface area (Å²) < 4.78 is 0. The van der Waals surface area contributed by atoms with Gasteiger partial charge in [-0.15, -0.1) is 6.58 Å².